The van der Waals surface area contributed by atoms with Crippen LogP contribution in [-0.2, 0) is 4.79 Å². The Labute approximate surface area is 92.0 Å². The summed E-state index contributed by atoms with van der Waals surface area (Å²) in [5, 5.41) is 10.1. The van der Waals surface area contributed by atoms with Gasteiger partial charge in [-0.05, 0) is 6.04 Å². The summed E-state index contributed by atoms with van der Waals surface area (Å²) in [5.41, 5.74) is 0. The van der Waals surface area contributed by atoms with Gasteiger partial charge in [0, 0.05) is 6.42 Å². The molecule has 0 amide bonds. The third-order valence-electron chi connectivity index (χ3n) is 3.14. The first kappa shape index (κ1) is 12.0. The molecule has 1 aromatic carbocycles. The fourth-order valence-corrected chi connectivity index (χ4v) is 4.56. The highest BCUT2D eigenvalue weighted by Gasteiger charge is 2.27. The smallest absolute Gasteiger partial charge is 0.303 e. The Bertz CT molecular complexity index is 324. The summed E-state index contributed by atoms with van der Waals surface area (Å²) in [6.07, 6.45) is 0.297. The quantitative estimate of drug-likeness (QED) is 0.777. The Balaban J connectivity index is 2.80. The van der Waals surface area contributed by atoms with Gasteiger partial charge in [-0.1, -0.05) is 55.0 Å². The Hall–Kier alpha value is -1.09. The van der Waals surface area contributed by atoms with Crippen molar-refractivity contribution in [1.29, 1.82) is 0 Å². The normalized spacial score (nSPS) is 14.5. The number of benzene rings is 1. The maximum Gasteiger partial charge on any atom is 0.303 e. The Kier molecular flexibility index (Phi) is 4.09. The molecule has 0 fully saturated rings. The standard InChI is InChI=1S/C12H18O2Si/c1-3-15(2,10-9-12(13)14)11-7-5-4-6-8-11/h4-8H,3,9-10H2,1-2H3,(H,13,14). The van der Waals surface area contributed by atoms with Crippen molar-refractivity contribution in [3.05, 3.63) is 30.3 Å². The molecule has 0 aliphatic carbocycles. The van der Waals surface area contributed by atoms with Gasteiger partial charge in [0.05, 0.1) is 8.07 Å². The van der Waals surface area contributed by atoms with Gasteiger partial charge in [-0.3, -0.25) is 4.79 Å². The van der Waals surface area contributed by atoms with Crippen molar-refractivity contribution < 1.29 is 9.90 Å². The molecule has 1 unspecified atom stereocenters. The molecule has 1 aromatic rings. The molecule has 0 aliphatic rings. The maximum absolute atomic E-state index is 10.6. The molecule has 0 saturated carbocycles. The minimum atomic E-state index is -1.54. The van der Waals surface area contributed by atoms with Gasteiger partial charge >= 0.3 is 5.97 Å². The van der Waals surface area contributed by atoms with Crippen LogP contribution >= 0.6 is 0 Å². The lowest BCUT2D eigenvalue weighted by atomic mass is 10.4. The van der Waals surface area contributed by atoms with E-state index in [0.29, 0.717) is 6.42 Å². The van der Waals surface area contributed by atoms with Crippen molar-refractivity contribution in [2.45, 2.75) is 32.0 Å². The second kappa shape index (κ2) is 5.12. The second-order valence-corrected chi connectivity index (χ2v) is 9.08. The van der Waals surface area contributed by atoms with Gasteiger partial charge in [-0.15, -0.1) is 0 Å². The minimum Gasteiger partial charge on any atom is -0.481 e. The number of aliphatic carboxylic acids is 1. The summed E-state index contributed by atoms with van der Waals surface area (Å²) in [6, 6.07) is 12.3. The first-order chi connectivity index (χ1) is 7.08. The van der Waals surface area contributed by atoms with Gasteiger partial charge in [0.15, 0.2) is 0 Å². The number of carbonyl (C=O) groups is 1. The van der Waals surface area contributed by atoms with E-state index in [4.69, 9.17) is 5.11 Å². The third-order valence-corrected chi connectivity index (χ3v) is 7.78. The van der Waals surface area contributed by atoms with Crippen LogP contribution in [0.2, 0.25) is 18.6 Å². The van der Waals surface area contributed by atoms with Crippen LogP contribution < -0.4 is 5.19 Å². The van der Waals surface area contributed by atoms with Crippen molar-refractivity contribution in [2.75, 3.05) is 0 Å². The number of carboxylic acid groups (broad SMARTS) is 1. The fourth-order valence-electron chi connectivity index (χ4n) is 1.75. The molecule has 2 nitrogen and oxygen atoms in total. The van der Waals surface area contributed by atoms with E-state index in [1.165, 1.54) is 5.19 Å². The number of hydrogen-bond acceptors (Lipinski definition) is 1. The fraction of sp³-hybridized carbons (Fsp3) is 0.417. The first-order valence-corrected chi connectivity index (χ1v) is 8.27. The number of rotatable bonds is 5. The maximum atomic E-state index is 10.6. The van der Waals surface area contributed by atoms with Crippen LogP contribution in [0, 0.1) is 0 Å². The molecule has 0 saturated heterocycles. The van der Waals surface area contributed by atoms with Crippen LogP contribution in [0.25, 0.3) is 0 Å². The van der Waals surface area contributed by atoms with E-state index in [1.54, 1.807) is 0 Å². The van der Waals surface area contributed by atoms with Gasteiger partial charge in [0.1, 0.15) is 0 Å². The van der Waals surface area contributed by atoms with E-state index < -0.39 is 14.0 Å². The van der Waals surface area contributed by atoms with Gasteiger partial charge in [0.2, 0.25) is 0 Å². The SMILES string of the molecule is CC[Si](C)(CCC(=O)O)c1ccccc1. The second-order valence-electron chi connectivity index (χ2n) is 4.17. The molecule has 1 atom stereocenters. The lowest BCUT2D eigenvalue weighted by Gasteiger charge is -2.25. The molecule has 15 heavy (non-hydrogen) atoms. The van der Waals surface area contributed by atoms with Crippen molar-refractivity contribution in [1.82, 2.24) is 0 Å². The minimum absolute atomic E-state index is 0.297. The third kappa shape index (κ3) is 3.20. The molecule has 0 aromatic heterocycles. The monoisotopic (exact) mass is 222 g/mol. The zero-order valence-electron chi connectivity index (χ0n) is 9.36. The summed E-state index contributed by atoms with van der Waals surface area (Å²) in [4.78, 5) is 10.6. The summed E-state index contributed by atoms with van der Waals surface area (Å²) in [5.74, 6) is -0.682. The van der Waals surface area contributed by atoms with Crippen LogP contribution in [-0.4, -0.2) is 19.1 Å². The molecular weight excluding hydrogens is 204 g/mol. The number of hydrogen-bond donors (Lipinski definition) is 1. The topological polar surface area (TPSA) is 37.3 Å². The van der Waals surface area contributed by atoms with Crippen molar-refractivity contribution in [3.63, 3.8) is 0 Å². The molecule has 3 heteroatoms. The van der Waals surface area contributed by atoms with E-state index in [0.717, 1.165) is 12.1 Å². The molecular formula is C12H18O2Si. The molecule has 1 rings (SSSR count). The Morgan fingerprint density at radius 2 is 1.93 bits per heavy atom. The average Bonchev–Trinajstić information content (AvgIpc) is 2.27. The summed E-state index contributed by atoms with van der Waals surface area (Å²) >= 11 is 0. The molecule has 82 valence electrons. The average molecular weight is 222 g/mol. The van der Waals surface area contributed by atoms with E-state index in [1.807, 2.05) is 18.2 Å². The molecule has 0 aliphatic heterocycles. The van der Waals surface area contributed by atoms with Crippen molar-refractivity contribution >= 4 is 19.2 Å². The molecule has 0 radical (unpaired) electrons. The zero-order valence-corrected chi connectivity index (χ0v) is 10.4. The van der Waals surface area contributed by atoms with Crippen LogP contribution in [0.5, 0.6) is 0 Å². The first-order valence-electron chi connectivity index (χ1n) is 5.36. The van der Waals surface area contributed by atoms with Gasteiger partial charge < -0.3 is 5.11 Å². The van der Waals surface area contributed by atoms with Crippen LogP contribution in [0.15, 0.2) is 30.3 Å². The summed E-state index contributed by atoms with van der Waals surface area (Å²) in [7, 11) is -1.54. The summed E-state index contributed by atoms with van der Waals surface area (Å²) < 4.78 is 0. The van der Waals surface area contributed by atoms with Gasteiger partial charge in [-0.25, -0.2) is 0 Å². The van der Waals surface area contributed by atoms with Crippen LogP contribution in [0.3, 0.4) is 0 Å². The van der Waals surface area contributed by atoms with E-state index in [9.17, 15) is 4.79 Å². The van der Waals surface area contributed by atoms with Crippen LogP contribution in [0.1, 0.15) is 13.3 Å². The highest BCUT2D eigenvalue weighted by atomic mass is 28.3. The largest absolute Gasteiger partial charge is 0.481 e. The highest BCUT2D eigenvalue weighted by Crippen LogP contribution is 2.17. The predicted molar refractivity (Wildman–Crippen MR) is 65.2 cm³/mol. The molecule has 0 spiro atoms. The van der Waals surface area contributed by atoms with E-state index >= 15 is 0 Å². The van der Waals surface area contributed by atoms with Crippen molar-refractivity contribution in [3.8, 4) is 0 Å². The predicted octanol–water partition coefficient (Wildman–Crippen LogP) is 2.47. The highest BCUT2D eigenvalue weighted by molar-refractivity contribution is 6.90. The zero-order chi connectivity index (χ0) is 11.3. The lowest BCUT2D eigenvalue weighted by Crippen LogP contribution is -2.43. The van der Waals surface area contributed by atoms with Crippen molar-refractivity contribution in [2.24, 2.45) is 0 Å². The Morgan fingerprint density at radius 3 is 2.40 bits per heavy atom. The van der Waals surface area contributed by atoms with Gasteiger partial charge in [-0.2, -0.15) is 0 Å². The molecule has 0 heterocycles. The lowest BCUT2D eigenvalue weighted by molar-refractivity contribution is -0.136. The Morgan fingerprint density at radius 1 is 1.33 bits per heavy atom. The summed E-state index contributed by atoms with van der Waals surface area (Å²) in [6.45, 7) is 4.44. The van der Waals surface area contributed by atoms with E-state index in [2.05, 4.69) is 25.6 Å². The molecule has 1 N–H and O–H groups in total. The van der Waals surface area contributed by atoms with Gasteiger partial charge in [0.25, 0.3) is 0 Å². The number of carboxylic acids is 1. The van der Waals surface area contributed by atoms with Crippen LogP contribution in [0.4, 0.5) is 0 Å². The van der Waals surface area contributed by atoms with E-state index in [-0.39, 0.29) is 0 Å². The molecule has 0 bridgehead atoms.